The van der Waals surface area contributed by atoms with Gasteiger partial charge in [0.1, 0.15) is 5.52 Å². The molecule has 0 saturated carbocycles. The van der Waals surface area contributed by atoms with Crippen molar-refractivity contribution >= 4 is 22.8 Å². The Hall–Kier alpha value is -1.75. The van der Waals surface area contributed by atoms with Crippen molar-refractivity contribution < 1.29 is 4.42 Å². The summed E-state index contributed by atoms with van der Waals surface area (Å²) in [5.41, 5.74) is 8.10. The van der Waals surface area contributed by atoms with E-state index < -0.39 is 0 Å². The normalized spacial score (nSPS) is 11.4. The lowest BCUT2D eigenvalue weighted by molar-refractivity contribution is 0.300. The first-order valence-electron chi connectivity index (χ1n) is 7.81. The SMILES string of the molecule is CCN(CC)CCCN(CC)c1nc2ccc(N)cc2o1. The van der Waals surface area contributed by atoms with E-state index in [1.807, 2.05) is 18.2 Å². The van der Waals surface area contributed by atoms with E-state index in [4.69, 9.17) is 10.2 Å². The molecule has 2 rings (SSSR count). The monoisotopic (exact) mass is 290 g/mol. The Morgan fingerprint density at radius 2 is 1.86 bits per heavy atom. The van der Waals surface area contributed by atoms with Gasteiger partial charge in [-0.25, -0.2) is 0 Å². The van der Waals surface area contributed by atoms with E-state index >= 15 is 0 Å². The van der Waals surface area contributed by atoms with Gasteiger partial charge in [0.25, 0.3) is 6.01 Å². The Balaban J connectivity index is 2.02. The highest BCUT2D eigenvalue weighted by Crippen LogP contribution is 2.23. The Morgan fingerprint density at radius 1 is 1.10 bits per heavy atom. The summed E-state index contributed by atoms with van der Waals surface area (Å²) in [5.74, 6) is 0. The first kappa shape index (κ1) is 15.6. The summed E-state index contributed by atoms with van der Waals surface area (Å²) in [7, 11) is 0. The number of benzene rings is 1. The minimum absolute atomic E-state index is 0.692. The van der Waals surface area contributed by atoms with Crippen LogP contribution in [0.2, 0.25) is 0 Å². The van der Waals surface area contributed by atoms with Crippen LogP contribution in [0.3, 0.4) is 0 Å². The molecule has 2 N–H and O–H groups in total. The zero-order chi connectivity index (χ0) is 15.2. The van der Waals surface area contributed by atoms with E-state index in [9.17, 15) is 0 Å². The molecule has 0 atom stereocenters. The smallest absolute Gasteiger partial charge is 0.298 e. The molecule has 0 unspecified atom stereocenters. The summed E-state index contributed by atoms with van der Waals surface area (Å²) in [6.45, 7) is 11.7. The van der Waals surface area contributed by atoms with Gasteiger partial charge in [-0.1, -0.05) is 13.8 Å². The van der Waals surface area contributed by atoms with Gasteiger partial charge < -0.3 is 20.0 Å². The van der Waals surface area contributed by atoms with Crippen LogP contribution >= 0.6 is 0 Å². The van der Waals surface area contributed by atoms with E-state index in [1.54, 1.807) is 0 Å². The maximum Gasteiger partial charge on any atom is 0.298 e. The van der Waals surface area contributed by atoms with Gasteiger partial charge in [-0.15, -0.1) is 0 Å². The van der Waals surface area contributed by atoms with Crippen LogP contribution in [0.1, 0.15) is 27.2 Å². The second kappa shape index (κ2) is 7.31. The van der Waals surface area contributed by atoms with Crippen LogP contribution in [0, 0.1) is 0 Å². The molecule has 0 amide bonds. The molecule has 0 spiro atoms. The highest BCUT2D eigenvalue weighted by Gasteiger charge is 2.13. The number of hydrogen-bond acceptors (Lipinski definition) is 5. The standard InChI is InChI=1S/C16H26N4O/c1-4-19(5-2)10-7-11-20(6-3)16-18-14-9-8-13(17)12-15(14)21-16/h8-9,12H,4-7,10-11,17H2,1-3H3. The molecule has 1 aromatic heterocycles. The van der Waals surface area contributed by atoms with E-state index in [0.29, 0.717) is 11.7 Å². The number of hydrogen-bond donors (Lipinski definition) is 1. The molecule has 1 aromatic carbocycles. The number of rotatable bonds is 8. The van der Waals surface area contributed by atoms with Crippen molar-refractivity contribution in [2.24, 2.45) is 0 Å². The van der Waals surface area contributed by atoms with Crippen LogP contribution in [0.15, 0.2) is 22.6 Å². The third-order valence-electron chi connectivity index (χ3n) is 3.85. The average molecular weight is 290 g/mol. The van der Waals surface area contributed by atoms with Crippen molar-refractivity contribution in [3.05, 3.63) is 18.2 Å². The maximum atomic E-state index is 5.83. The highest BCUT2D eigenvalue weighted by molar-refractivity contribution is 5.78. The number of fused-ring (bicyclic) bond motifs is 1. The molecular formula is C16H26N4O. The molecule has 1 heterocycles. The molecule has 0 aliphatic heterocycles. The average Bonchev–Trinajstić information content (AvgIpc) is 2.90. The van der Waals surface area contributed by atoms with Crippen LogP contribution in [0.25, 0.3) is 11.1 Å². The van der Waals surface area contributed by atoms with Crippen molar-refractivity contribution in [3.8, 4) is 0 Å². The van der Waals surface area contributed by atoms with Crippen molar-refractivity contribution in [2.45, 2.75) is 27.2 Å². The second-order valence-electron chi connectivity index (χ2n) is 5.18. The minimum atomic E-state index is 0.692. The predicted molar refractivity (Wildman–Crippen MR) is 88.7 cm³/mol. The summed E-state index contributed by atoms with van der Waals surface area (Å²) >= 11 is 0. The first-order chi connectivity index (χ1) is 10.2. The van der Waals surface area contributed by atoms with Gasteiger partial charge in [-0.05, 0) is 45.1 Å². The summed E-state index contributed by atoms with van der Waals surface area (Å²) in [5, 5.41) is 0. The van der Waals surface area contributed by atoms with Gasteiger partial charge >= 0.3 is 0 Å². The molecule has 0 bridgehead atoms. The first-order valence-corrected chi connectivity index (χ1v) is 7.81. The third-order valence-corrected chi connectivity index (χ3v) is 3.85. The molecule has 5 heteroatoms. The van der Waals surface area contributed by atoms with E-state index in [-0.39, 0.29) is 0 Å². The Labute approximate surface area is 126 Å². The summed E-state index contributed by atoms with van der Waals surface area (Å²) in [6.07, 6.45) is 1.11. The van der Waals surface area contributed by atoms with Crippen LogP contribution in [-0.4, -0.2) is 42.6 Å². The molecule has 2 aromatic rings. The molecular weight excluding hydrogens is 264 g/mol. The number of nitrogens with two attached hydrogens (primary N) is 1. The highest BCUT2D eigenvalue weighted by atomic mass is 16.4. The van der Waals surface area contributed by atoms with Gasteiger partial charge in [0.05, 0.1) is 0 Å². The van der Waals surface area contributed by atoms with Crippen molar-refractivity contribution in [2.75, 3.05) is 43.4 Å². The van der Waals surface area contributed by atoms with Gasteiger partial charge in [-0.2, -0.15) is 4.98 Å². The van der Waals surface area contributed by atoms with Crippen LogP contribution < -0.4 is 10.6 Å². The summed E-state index contributed by atoms with van der Waals surface area (Å²) < 4.78 is 5.83. The quantitative estimate of drug-likeness (QED) is 0.757. The fourth-order valence-electron chi connectivity index (χ4n) is 2.48. The fourth-order valence-corrected chi connectivity index (χ4v) is 2.48. The summed E-state index contributed by atoms with van der Waals surface area (Å²) in [6, 6.07) is 6.28. The molecule has 21 heavy (non-hydrogen) atoms. The lowest BCUT2D eigenvalue weighted by Gasteiger charge is -2.22. The minimum Gasteiger partial charge on any atom is -0.423 e. The molecule has 116 valence electrons. The van der Waals surface area contributed by atoms with Gasteiger partial charge in [0, 0.05) is 24.8 Å². The Kier molecular flexibility index (Phi) is 5.44. The summed E-state index contributed by atoms with van der Waals surface area (Å²) in [4.78, 5) is 9.16. The lowest BCUT2D eigenvalue weighted by atomic mass is 10.3. The zero-order valence-electron chi connectivity index (χ0n) is 13.3. The Bertz CT molecular complexity index is 562. The van der Waals surface area contributed by atoms with E-state index in [0.717, 1.165) is 50.2 Å². The molecule has 0 aliphatic rings. The number of nitrogen functional groups attached to an aromatic ring is 1. The molecule has 0 radical (unpaired) electrons. The zero-order valence-corrected chi connectivity index (χ0v) is 13.3. The molecule has 0 aliphatic carbocycles. The van der Waals surface area contributed by atoms with Gasteiger partial charge in [0.15, 0.2) is 5.58 Å². The van der Waals surface area contributed by atoms with Crippen LogP contribution in [0.5, 0.6) is 0 Å². The Morgan fingerprint density at radius 3 is 2.52 bits per heavy atom. The predicted octanol–water partition coefficient (Wildman–Crippen LogP) is 2.97. The van der Waals surface area contributed by atoms with E-state index in [2.05, 4.69) is 35.6 Å². The van der Waals surface area contributed by atoms with Crippen LogP contribution in [-0.2, 0) is 0 Å². The lowest BCUT2D eigenvalue weighted by Crippen LogP contribution is -2.30. The number of anilines is 2. The van der Waals surface area contributed by atoms with Crippen molar-refractivity contribution in [1.29, 1.82) is 0 Å². The second-order valence-corrected chi connectivity index (χ2v) is 5.18. The number of aromatic nitrogens is 1. The topological polar surface area (TPSA) is 58.5 Å². The van der Waals surface area contributed by atoms with Gasteiger partial charge in [-0.3, -0.25) is 0 Å². The number of nitrogens with zero attached hydrogens (tertiary/aromatic N) is 3. The largest absolute Gasteiger partial charge is 0.423 e. The molecule has 5 nitrogen and oxygen atoms in total. The number of oxazole rings is 1. The molecule has 0 fully saturated rings. The fraction of sp³-hybridized carbons (Fsp3) is 0.562. The van der Waals surface area contributed by atoms with E-state index in [1.165, 1.54) is 0 Å². The van der Waals surface area contributed by atoms with Crippen LogP contribution in [0.4, 0.5) is 11.7 Å². The van der Waals surface area contributed by atoms with Crippen molar-refractivity contribution in [1.82, 2.24) is 9.88 Å². The molecule has 0 saturated heterocycles. The van der Waals surface area contributed by atoms with Crippen molar-refractivity contribution in [3.63, 3.8) is 0 Å². The third kappa shape index (κ3) is 3.88. The van der Waals surface area contributed by atoms with Gasteiger partial charge in [0.2, 0.25) is 0 Å². The maximum absolute atomic E-state index is 5.83.